The predicted octanol–water partition coefficient (Wildman–Crippen LogP) is 2.26. The Morgan fingerprint density at radius 1 is 0.938 bits per heavy atom. The minimum absolute atomic E-state index is 0.671. The first kappa shape index (κ1) is 21.5. The summed E-state index contributed by atoms with van der Waals surface area (Å²) in [4.78, 5) is 26.5. The van der Waals surface area contributed by atoms with Gasteiger partial charge in [0.1, 0.15) is 16.4 Å². The van der Waals surface area contributed by atoms with Crippen molar-refractivity contribution in [1.82, 2.24) is 29.7 Å². The Balaban J connectivity index is 1.43. The highest BCUT2D eigenvalue weighted by Crippen LogP contribution is 2.28. The number of benzene rings is 1. The number of rotatable bonds is 6. The lowest BCUT2D eigenvalue weighted by atomic mass is 10.2. The van der Waals surface area contributed by atoms with Crippen molar-refractivity contribution in [2.24, 2.45) is 0 Å². The summed E-state index contributed by atoms with van der Waals surface area (Å²) in [6, 6.07) is 10.1. The Labute approximate surface area is 193 Å². The van der Waals surface area contributed by atoms with Gasteiger partial charge in [-0.1, -0.05) is 30.3 Å². The molecule has 2 aliphatic rings. The highest BCUT2D eigenvalue weighted by atomic mass is 32.2. The monoisotopic (exact) mass is 451 g/mol. The number of hydrogen-bond acceptors (Lipinski definition) is 9. The van der Waals surface area contributed by atoms with Crippen LogP contribution in [-0.4, -0.2) is 102 Å². The summed E-state index contributed by atoms with van der Waals surface area (Å²) in [5.74, 6) is 2.55. The van der Waals surface area contributed by atoms with Gasteiger partial charge in [-0.3, -0.25) is 4.90 Å². The Hall–Kier alpha value is -2.33. The van der Waals surface area contributed by atoms with E-state index in [-0.39, 0.29) is 0 Å². The van der Waals surface area contributed by atoms with Crippen LogP contribution < -0.4 is 4.90 Å². The molecule has 0 spiro atoms. The second kappa shape index (κ2) is 10.1. The molecule has 0 N–H and O–H groups in total. The molecule has 0 atom stereocenters. The van der Waals surface area contributed by atoms with Crippen LogP contribution in [-0.2, 0) is 4.74 Å². The molecule has 1 aromatic carbocycles. The van der Waals surface area contributed by atoms with Crippen molar-refractivity contribution in [1.29, 1.82) is 0 Å². The molecule has 4 heterocycles. The van der Waals surface area contributed by atoms with E-state index in [0.29, 0.717) is 11.5 Å². The maximum Gasteiger partial charge on any atom is 0.185 e. The van der Waals surface area contributed by atoms with Crippen LogP contribution in [0.3, 0.4) is 0 Å². The summed E-state index contributed by atoms with van der Waals surface area (Å²) < 4.78 is 5.46. The fraction of sp³-hybridized carbons (Fsp3) is 0.478. The Kier molecular flexibility index (Phi) is 6.77. The number of fused-ring (bicyclic) bond motifs is 1. The van der Waals surface area contributed by atoms with Gasteiger partial charge in [0.2, 0.25) is 0 Å². The number of hydrogen-bond donors (Lipinski definition) is 0. The maximum absolute atomic E-state index is 5.46. The molecule has 32 heavy (non-hydrogen) atoms. The van der Waals surface area contributed by atoms with Gasteiger partial charge in [0, 0.05) is 57.1 Å². The Morgan fingerprint density at radius 3 is 2.50 bits per heavy atom. The van der Waals surface area contributed by atoms with Gasteiger partial charge in [0.15, 0.2) is 11.5 Å². The van der Waals surface area contributed by atoms with Crippen molar-refractivity contribution in [2.75, 3.05) is 76.7 Å². The molecule has 9 heteroatoms. The van der Waals surface area contributed by atoms with Gasteiger partial charge in [-0.25, -0.2) is 19.9 Å². The number of morpholine rings is 1. The fourth-order valence-electron chi connectivity index (χ4n) is 3.97. The molecule has 2 saturated heterocycles. The first-order valence-electron chi connectivity index (χ1n) is 11.2. The van der Waals surface area contributed by atoms with Crippen LogP contribution in [0.25, 0.3) is 22.6 Å². The van der Waals surface area contributed by atoms with Gasteiger partial charge in [0.25, 0.3) is 0 Å². The molecular formula is C23H29N7OS. The van der Waals surface area contributed by atoms with Crippen LogP contribution in [0, 0.1) is 0 Å². The zero-order valence-electron chi connectivity index (χ0n) is 18.5. The van der Waals surface area contributed by atoms with Crippen LogP contribution in [0.2, 0.25) is 0 Å². The number of likely N-dealkylation sites (N-methyl/N-ethyl adjacent to an activating group) is 1. The second-order valence-corrected chi connectivity index (χ2v) is 9.30. The minimum Gasteiger partial charge on any atom is -0.379 e. The van der Waals surface area contributed by atoms with E-state index in [1.807, 2.05) is 36.5 Å². The van der Waals surface area contributed by atoms with Crippen molar-refractivity contribution in [3.05, 3.63) is 36.5 Å². The van der Waals surface area contributed by atoms with Gasteiger partial charge in [0.05, 0.1) is 19.4 Å². The van der Waals surface area contributed by atoms with Gasteiger partial charge in [-0.05, 0) is 7.05 Å². The van der Waals surface area contributed by atoms with Crippen molar-refractivity contribution >= 4 is 28.7 Å². The van der Waals surface area contributed by atoms with Crippen LogP contribution in [0.4, 0.5) is 5.82 Å². The Morgan fingerprint density at radius 2 is 1.72 bits per heavy atom. The number of aromatic nitrogens is 4. The number of anilines is 1. The summed E-state index contributed by atoms with van der Waals surface area (Å²) in [6.07, 6.45) is 1.88. The van der Waals surface area contributed by atoms with Gasteiger partial charge in [-0.2, -0.15) is 0 Å². The largest absolute Gasteiger partial charge is 0.379 e. The third kappa shape index (κ3) is 5.01. The molecule has 5 rings (SSSR count). The first-order chi connectivity index (χ1) is 15.8. The highest BCUT2D eigenvalue weighted by molar-refractivity contribution is 7.99. The summed E-state index contributed by atoms with van der Waals surface area (Å²) >= 11 is 1.74. The zero-order chi connectivity index (χ0) is 21.8. The van der Waals surface area contributed by atoms with Crippen LogP contribution in [0.15, 0.2) is 41.6 Å². The van der Waals surface area contributed by atoms with Crippen molar-refractivity contribution in [2.45, 2.75) is 5.03 Å². The van der Waals surface area contributed by atoms with E-state index in [0.717, 1.165) is 86.7 Å². The van der Waals surface area contributed by atoms with E-state index in [4.69, 9.17) is 24.7 Å². The summed E-state index contributed by atoms with van der Waals surface area (Å²) in [5.41, 5.74) is 2.45. The lowest BCUT2D eigenvalue weighted by Crippen LogP contribution is -2.44. The fourth-order valence-corrected chi connectivity index (χ4v) is 4.95. The molecule has 168 valence electrons. The van der Waals surface area contributed by atoms with Crippen LogP contribution in [0.1, 0.15) is 0 Å². The van der Waals surface area contributed by atoms with Gasteiger partial charge < -0.3 is 14.5 Å². The van der Waals surface area contributed by atoms with E-state index >= 15 is 0 Å². The summed E-state index contributed by atoms with van der Waals surface area (Å²) in [6.45, 7) is 8.60. The molecule has 2 fully saturated rings. The molecule has 0 radical (unpaired) electrons. The number of thioether (sulfide) groups is 1. The average Bonchev–Trinajstić information content (AvgIpc) is 2.85. The highest BCUT2D eigenvalue weighted by Gasteiger charge is 2.19. The van der Waals surface area contributed by atoms with E-state index < -0.39 is 0 Å². The lowest BCUT2D eigenvalue weighted by Gasteiger charge is -2.32. The Bertz CT molecular complexity index is 1040. The number of nitrogens with zero attached hydrogens (tertiary/aromatic N) is 7. The smallest absolute Gasteiger partial charge is 0.185 e. The van der Waals surface area contributed by atoms with Crippen molar-refractivity contribution in [3.63, 3.8) is 0 Å². The number of ether oxygens (including phenoxy) is 1. The molecule has 3 aromatic rings. The zero-order valence-corrected chi connectivity index (χ0v) is 19.3. The second-order valence-electron chi connectivity index (χ2n) is 8.21. The topological polar surface area (TPSA) is 70.5 Å². The molecule has 0 unspecified atom stereocenters. The molecule has 2 aromatic heterocycles. The quantitative estimate of drug-likeness (QED) is 0.415. The molecule has 0 aliphatic carbocycles. The lowest BCUT2D eigenvalue weighted by molar-refractivity contribution is 0.0410. The first-order valence-corrected chi connectivity index (χ1v) is 12.2. The molecule has 0 saturated carbocycles. The third-order valence-corrected chi connectivity index (χ3v) is 6.92. The summed E-state index contributed by atoms with van der Waals surface area (Å²) in [5, 5.41) is 0.902. The van der Waals surface area contributed by atoms with E-state index in [9.17, 15) is 0 Å². The summed E-state index contributed by atoms with van der Waals surface area (Å²) in [7, 11) is 2.16. The van der Waals surface area contributed by atoms with E-state index in [1.54, 1.807) is 11.8 Å². The van der Waals surface area contributed by atoms with Gasteiger partial charge in [-0.15, -0.1) is 11.8 Å². The van der Waals surface area contributed by atoms with Crippen molar-refractivity contribution in [3.8, 4) is 11.4 Å². The average molecular weight is 452 g/mol. The SMILES string of the molecule is CN1CCN(c2cnc3c(SCCN4CCOCC4)nc(-c4ccccc4)nc3n2)CC1. The van der Waals surface area contributed by atoms with E-state index in [2.05, 4.69) is 21.7 Å². The molecule has 0 bridgehead atoms. The van der Waals surface area contributed by atoms with Crippen molar-refractivity contribution < 1.29 is 4.74 Å². The predicted molar refractivity (Wildman–Crippen MR) is 128 cm³/mol. The standard InChI is InChI=1S/C23H29N7OS/c1-28-7-9-30(10-8-28)19-17-24-20-22(25-19)26-21(18-5-3-2-4-6-18)27-23(20)32-16-13-29-11-14-31-15-12-29/h2-6,17H,7-16H2,1H3. The molecule has 8 nitrogen and oxygen atoms in total. The van der Waals surface area contributed by atoms with E-state index in [1.165, 1.54) is 0 Å². The molecular weight excluding hydrogens is 422 g/mol. The normalized spacial score (nSPS) is 18.3. The number of piperazine rings is 1. The van der Waals surface area contributed by atoms with Crippen LogP contribution in [0.5, 0.6) is 0 Å². The van der Waals surface area contributed by atoms with Crippen LogP contribution >= 0.6 is 11.8 Å². The third-order valence-electron chi connectivity index (χ3n) is 5.97. The molecule has 0 amide bonds. The molecule has 2 aliphatic heterocycles. The van der Waals surface area contributed by atoms with Gasteiger partial charge >= 0.3 is 0 Å². The maximum atomic E-state index is 5.46. The minimum atomic E-state index is 0.671.